The van der Waals surface area contributed by atoms with Crippen LogP contribution in [-0.4, -0.2) is 66.1 Å². The number of carbonyl (C=O) groups excluding carboxylic acids is 3. The molecule has 2 N–H and O–H groups in total. The van der Waals surface area contributed by atoms with Gasteiger partial charge in [0, 0.05) is 43.4 Å². The van der Waals surface area contributed by atoms with E-state index in [1.165, 1.54) is 24.1 Å². The number of benzene rings is 3. The van der Waals surface area contributed by atoms with Crippen molar-refractivity contribution in [1.29, 1.82) is 0 Å². The molecule has 0 radical (unpaired) electrons. The fraction of sp³-hybridized carbons (Fsp3) is 0.265. The zero-order valence-electron chi connectivity index (χ0n) is 25.0. The van der Waals surface area contributed by atoms with E-state index in [9.17, 15) is 23.2 Å². The van der Waals surface area contributed by atoms with Gasteiger partial charge in [-0.2, -0.15) is 8.78 Å². The van der Waals surface area contributed by atoms with Crippen LogP contribution in [0.2, 0.25) is 0 Å². The normalized spacial score (nSPS) is 18.5. The number of piperidine rings is 1. The van der Waals surface area contributed by atoms with E-state index in [4.69, 9.17) is 14.2 Å². The van der Waals surface area contributed by atoms with Gasteiger partial charge in [-0.3, -0.25) is 19.0 Å². The van der Waals surface area contributed by atoms with Gasteiger partial charge in [0.25, 0.3) is 17.7 Å². The molecule has 46 heavy (non-hydrogen) atoms. The van der Waals surface area contributed by atoms with Crippen LogP contribution in [0.5, 0.6) is 17.2 Å². The zero-order chi connectivity index (χ0) is 32.2. The molecule has 3 aliphatic heterocycles. The van der Waals surface area contributed by atoms with Crippen LogP contribution in [-0.2, 0) is 11.3 Å². The third kappa shape index (κ3) is 6.65. The second kappa shape index (κ2) is 13.3. The molecule has 3 amide bonds. The fourth-order valence-corrected chi connectivity index (χ4v) is 5.64. The molecule has 4 heterocycles. The molecule has 3 aliphatic rings. The van der Waals surface area contributed by atoms with Crippen molar-refractivity contribution < 1.29 is 37.4 Å². The summed E-state index contributed by atoms with van der Waals surface area (Å²) in [6.45, 7) is -2.49. The molecule has 2 atom stereocenters. The third-order valence-electron chi connectivity index (χ3n) is 8.04. The van der Waals surface area contributed by atoms with E-state index in [1.807, 2.05) is 18.2 Å². The van der Waals surface area contributed by atoms with Crippen molar-refractivity contribution in [1.82, 2.24) is 20.1 Å². The minimum atomic E-state index is -2.87. The quantitative estimate of drug-likeness (QED) is 0.341. The Hall–Kier alpha value is -5.39. The highest BCUT2D eigenvalue weighted by Crippen LogP contribution is 2.33. The number of ether oxygens (including phenoxy) is 3. The van der Waals surface area contributed by atoms with Crippen molar-refractivity contribution in [3.05, 3.63) is 102 Å². The Morgan fingerprint density at radius 2 is 1.80 bits per heavy atom. The molecule has 12 heteroatoms. The van der Waals surface area contributed by atoms with Crippen molar-refractivity contribution in [2.24, 2.45) is 0 Å². The van der Waals surface area contributed by atoms with Crippen molar-refractivity contribution in [3.8, 4) is 28.4 Å². The van der Waals surface area contributed by atoms with E-state index < -0.39 is 30.5 Å². The second-order valence-corrected chi connectivity index (χ2v) is 11.0. The minimum Gasteiger partial charge on any atom is -0.496 e. The first-order valence-corrected chi connectivity index (χ1v) is 14.8. The molecular formula is C34H32F2N4O6. The molecule has 238 valence electrons. The summed E-state index contributed by atoms with van der Waals surface area (Å²) in [5.74, 6) is 0.254. The Labute approximate surface area is 263 Å². The highest BCUT2D eigenvalue weighted by Gasteiger charge is 2.36. The maximum atomic E-state index is 13.8. The third-order valence-corrected chi connectivity index (χ3v) is 8.04. The molecule has 0 aliphatic carbocycles. The number of halogens is 2. The maximum Gasteiger partial charge on any atom is 0.319 e. The lowest BCUT2D eigenvalue weighted by atomic mass is 9.99. The summed E-state index contributed by atoms with van der Waals surface area (Å²) in [6, 6.07) is 21.4. The summed E-state index contributed by atoms with van der Waals surface area (Å²) < 4.78 is 45.4. The number of nitrogens with zero attached hydrogens (tertiary/aromatic N) is 2. The molecule has 0 saturated carbocycles. The van der Waals surface area contributed by atoms with Gasteiger partial charge in [0.05, 0.1) is 13.2 Å². The van der Waals surface area contributed by atoms with Crippen LogP contribution in [0, 0.1) is 0 Å². The summed E-state index contributed by atoms with van der Waals surface area (Å²) >= 11 is 0. The molecule has 4 aromatic rings. The first kappa shape index (κ1) is 30.6. The van der Waals surface area contributed by atoms with Crippen LogP contribution in [0.1, 0.15) is 39.4 Å². The predicted molar refractivity (Wildman–Crippen MR) is 164 cm³/mol. The summed E-state index contributed by atoms with van der Waals surface area (Å²) in [6.07, 6.45) is 0.968. The monoisotopic (exact) mass is 630 g/mol. The molecule has 1 saturated heterocycles. The van der Waals surface area contributed by atoms with E-state index in [1.54, 1.807) is 48.5 Å². The van der Waals surface area contributed by atoms with Gasteiger partial charge in [-0.1, -0.05) is 24.3 Å². The van der Waals surface area contributed by atoms with Gasteiger partial charge in [0.2, 0.25) is 0 Å². The Balaban J connectivity index is 1.34. The fourth-order valence-electron chi connectivity index (χ4n) is 5.64. The molecule has 0 spiro atoms. The van der Waals surface area contributed by atoms with E-state index in [0.29, 0.717) is 44.9 Å². The van der Waals surface area contributed by atoms with Gasteiger partial charge >= 0.3 is 6.55 Å². The van der Waals surface area contributed by atoms with Crippen LogP contribution in [0.25, 0.3) is 11.1 Å². The Morgan fingerprint density at radius 1 is 0.978 bits per heavy atom. The number of nitrogens with one attached hydrogen (secondary N) is 2. The summed E-state index contributed by atoms with van der Waals surface area (Å²) in [5, 5.41) is 5.87. The van der Waals surface area contributed by atoms with Crippen LogP contribution in [0.4, 0.5) is 8.78 Å². The van der Waals surface area contributed by atoms with Crippen molar-refractivity contribution in [3.63, 3.8) is 0 Å². The van der Waals surface area contributed by atoms with Gasteiger partial charge in [0.1, 0.15) is 29.0 Å². The molecular weight excluding hydrogens is 598 g/mol. The first-order chi connectivity index (χ1) is 22.3. The topological polar surface area (TPSA) is 111 Å². The number of aromatic nitrogens is 1. The van der Waals surface area contributed by atoms with E-state index in [0.717, 1.165) is 11.8 Å². The molecule has 3 aromatic carbocycles. The Morgan fingerprint density at radius 3 is 2.59 bits per heavy atom. The highest BCUT2D eigenvalue weighted by molar-refractivity contribution is 5.97. The van der Waals surface area contributed by atoms with E-state index >= 15 is 0 Å². The van der Waals surface area contributed by atoms with Gasteiger partial charge in [-0.05, 0) is 65.7 Å². The number of methoxy groups -OCH3 is 1. The van der Waals surface area contributed by atoms with Crippen LogP contribution in [0.3, 0.4) is 0 Å². The van der Waals surface area contributed by atoms with Crippen LogP contribution >= 0.6 is 0 Å². The van der Waals surface area contributed by atoms with Gasteiger partial charge in [-0.15, -0.1) is 0 Å². The van der Waals surface area contributed by atoms with Crippen LogP contribution in [0.15, 0.2) is 85.1 Å². The average Bonchev–Trinajstić information content (AvgIpc) is 3.57. The number of alkyl halides is 2. The largest absolute Gasteiger partial charge is 0.496 e. The number of likely N-dealkylation sites (tertiary alicyclic amines) is 1. The number of hydrogen-bond donors (Lipinski definition) is 2. The summed E-state index contributed by atoms with van der Waals surface area (Å²) in [7, 11) is 1.53. The second-order valence-electron chi connectivity index (χ2n) is 11.0. The maximum absolute atomic E-state index is 13.8. The molecule has 1 fully saturated rings. The minimum absolute atomic E-state index is 0.0379. The average molecular weight is 631 g/mol. The molecule has 10 nitrogen and oxygen atoms in total. The Bertz CT molecular complexity index is 1740. The van der Waals surface area contributed by atoms with E-state index in [2.05, 4.69) is 10.6 Å². The number of rotatable bonds is 3. The number of fused-ring (bicyclic) bond motifs is 7. The SMILES string of the molecule is COc1ccc2cc1-c1cccc(c1)OCC(=O)NCc1ccc(cc1)O[C@@H]1CCN(C(=O)c3cccn3C(F)F)C[C@H]1NC2=O. The molecule has 6 bridgehead atoms. The number of amides is 3. The highest BCUT2D eigenvalue weighted by atomic mass is 19.3. The standard InChI is InChI=1S/C34H32F2N4O6/c1-44-29-12-9-23-17-26(29)22-4-2-5-25(16-22)45-20-31(41)37-18-21-7-10-24(11-8-21)46-30-13-15-39(19-27(30)38-32(23)42)33(43)28-6-3-14-40(28)34(35)36/h2-12,14,16-17,27,30,34H,13,15,18-20H2,1H3,(H,37,41)(H,38,42)/t27-,30-/m1/s1. The van der Waals surface area contributed by atoms with Gasteiger partial charge < -0.3 is 29.7 Å². The lowest BCUT2D eigenvalue weighted by Crippen LogP contribution is -2.58. The van der Waals surface area contributed by atoms with Gasteiger partial charge in [-0.25, -0.2) is 0 Å². The number of hydrogen-bond acceptors (Lipinski definition) is 6. The van der Waals surface area contributed by atoms with E-state index in [-0.39, 0.29) is 37.8 Å². The van der Waals surface area contributed by atoms with Crippen molar-refractivity contribution in [2.75, 3.05) is 26.8 Å². The molecule has 7 rings (SSSR count). The molecule has 0 unspecified atom stereocenters. The first-order valence-electron chi connectivity index (χ1n) is 14.8. The number of carbonyl (C=O) groups is 3. The molecule has 1 aromatic heterocycles. The van der Waals surface area contributed by atoms with Crippen molar-refractivity contribution >= 4 is 17.7 Å². The van der Waals surface area contributed by atoms with Crippen molar-refractivity contribution in [2.45, 2.75) is 31.7 Å². The lowest BCUT2D eigenvalue weighted by molar-refractivity contribution is -0.123. The summed E-state index contributed by atoms with van der Waals surface area (Å²) in [4.78, 5) is 41.1. The Kier molecular flexibility index (Phi) is 8.86. The predicted octanol–water partition coefficient (Wildman–Crippen LogP) is 4.66. The smallest absolute Gasteiger partial charge is 0.319 e. The summed E-state index contributed by atoms with van der Waals surface area (Å²) in [5.41, 5.74) is 2.36. The lowest BCUT2D eigenvalue weighted by Gasteiger charge is -2.39. The zero-order valence-corrected chi connectivity index (χ0v) is 25.0. The van der Waals surface area contributed by atoms with Gasteiger partial charge in [0.15, 0.2) is 6.61 Å². The van der Waals surface area contributed by atoms with Crippen LogP contribution < -0.4 is 24.8 Å².